The van der Waals surface area contributed by atoms with Gasteiger partial charge in [-0.25, -0.2) is 27.5 Å². The summed E-state index contributed by atoms with van der Waals surface area (Å²) in [6.07, 6.45) is 1.54. The first-order valence-corrected chi connectivity index (χ1v) is 11.6. The van der Waals surface area contributed by atoms with E-state index in [1.165, 1.54) is 28.6 Å². The Morgan fingerprint density at radius 3 is 2.19 bits per heavy atom. The Kier molecular flexibility index (Phi) is 4.78. The van der Waals surface area contributed by atoms with Gasteiger partial charge in [-0.2, -0.15) is 9.40 Å². The molecule has 2 aliphatic rings. The maximum atomic E-state index is 13.2. The zero-order valence-electron chi connectivity index (χ0n) is 17.3. The van der Waals surface area contributed by atoms with Gasteiger partial charge in [0.15, 0.2) is 5.82 Å². The fourth-order valence-corrected chi connectivity index (χ4v) is 6.13. The van der Waals surface area contributed by atoms with Gasteiger partial charge in [-0.3, -0.25) is 0 Å². The first-order chi connectivity index (χ1) is 14.8. The molecule has 0 bridgehead atoms. The second-order valence-electron chi connectivity index (χ2n) is 8.27. The fraction of sp³-hybridized carbons (Fsp3) is 0.381. The van der Waals surface area contributed by atoms with Crippen LogP contribution in [0.25, 0.3) is 5.82 Å². The molecule has 4 heterocycles. The molecule has 2 aromatic heterocycles. The van der Waals surface area contributed by atoms with Gasteiger partial charge >= 0.3 is 0 Å². The van der Waals surface area contributed by atoms with Gasteiger partial charge in [0.1, 0.15) is 18.0 Å². The summed E-state index contributed by atoms with van der Waals surface area (Å²) in [7, 11) is -3.61. The normalized spacial score (nSPS) is 21.6. The maximum absolute atomic E-state index is 13.2. The Morgan fingerprint density at radius 2 is 1.58 bits per heavy atom. The number of halogens is 1. The summed E-state index contributed by atoms with van der Waals surface area (Å²) < 4.78 is 42.3. The predicted molar refractivity (Wildman–Crippen MR) is 113 cm³/mol. The number of rotatable bonds is 4. The number of aryl methyl sites for hydroxylation is 2. The SMILES string of the molecule is Cc1cc(C)n(-c2cc(N3CC4CN(S(=O)(=O)c5ccc(F)cc5)CC4C3)ncn2)n1. The molecule has 1 aromatic carbocycles. The number of sulfonamides is 1. The zero-order valence-corrected chi connectivity index (χ0v) is 18.1. The van der Waals surface area contributed by atoms with E-state index in [1.807, 2.05) is 26.0 Å². The van der Waals surface area contributed by atoms with Crippen molar-refractivity contribution in [2.75, 3.05) is 31.1 Å². The maximum Gasteiger partial charge on any atom is 0.243 e. The van der Waals surface area contributed by atoms with E-state index in [9.17, 15) is 12.8 Å². The van der Waals surface area contributed by atoms with Crippen LogP contribution in [-0.2, 0) is 10.0 Å². The lowest BCUT2D eigenvalue weighted by Gasteiger charge is -2.22. The number of aromatic nitrogens is 4. The minimum atomic E-state index is -3.61. The van der Waals surface area contributed by atoms with Crippen molar-refractivity contribution in [1.82, 2.24) is 24.1 Å². The van der Waals surface area contributed by atoms with Crippen molar-refractivity contribution in [3.63, 3.8) is 0 Å². The summed E-state index contributed by atoms with van der Waals surface area (Å²) in [6.45, 7) is 6.30. The Balaban J connectivity index is 1.31. The molecular formula is C21H23FN6O2S. The van der Waals surface area contributed by atoms with Crippen molar-refractivity contribution in [2.45, 2.75) is 18.7 Å². The lowest BCUT2D eigenvalue weighted by Crippen LogP contribution is -2.33. The van der Waals surface area contributed by atoms with Crippen molar-refractivity contribution >= 4 is 15.8 Å². The number of nitrogens with zero attached hydrogens (tertiary/aromatic N) is 6. The monoisotopic (exact) mass is 442 g/mol. The second kappa shape index (κ2) is 7.38. The van der Waals surface area contributed by atoms with Crippen LogP contribution < -0.4 is 4.90 Å². The van der Waals surface area contributed by atoms with Crippen molar-refractivity contribution in [1.29, 1.82) is 0 Å². The van der Waals surface area contributed by atoms with Crippen molar-refractivity contribution < 1.29 is 12.8 Å². The van der Waals surface area contributed by atoms with Crippen LogP contribution in [0, 0.1) is 31.5 Å². The average molecular weight is 443 g/mol. The molecule has 2 unspecified atom stereocenters. The number of benzene rings is 1. The molecule has 162 valence electrons. The summed E-state index contributed by atoms with van der Waals surface area (Å²) in [5.74, 6) is 1.54. The highest BCUT2D eigenvalue weighted by atomic mass is 32.2. The Hall–Kier alpha value is -2.85. The quantitative estimate of drug-likeness (QED) is 0.616. The van der Waals surface area contributed by atoms with Crippen molar-refractivity contribution in [3.8, 4) is 5.82 Å². The van der Waals surface area contributed by atoms with Crippen molar-refractivity contribution in [2.24, 2.45) is 11.8 Å². The first kappa shape index (κ1) is 20.1. The molecular weight excluding hydrogens is 419 g/mol. The molecule has 3 aromatic rings. The molecule has 0 spiro atoms. The third-order valence-electron chi connectivity index (χ3n) is 6.09. The third-order valence-corrected chi connectivity index (χ3v) is 7.94. The molecule has 0 N–H and O–H groups in total. The Bertz CT molecular complexity index is 1210. The van der Waals surface area contributed by atoms with E-state index >= 15 is 0 Å². The molecule has 0 aliphatic carbocycles. The van der Waals surface area contributed by atoms with Crippen LogP contribution in [0.15, 0.2) is 47.6 Å². The molecule has 0 radical (unpaired) electrons. The molecule has 2 saturated heterocycles. The van der Waals surface area contributed by atoms with Crippen LogP contribution in [0.4, 0.5) is 10.2 Å². The van der Waals surface area contributed by atoms with Gasteiger partial charge in [-0.15, -0.1) is 0 Å². The number of hydrogen-bond acceptors (Lipinski definition) is 6. The van der Waals surface area contributed by atoms with Gasteiger partial charge in [0.05, 0.1) is 10.6 Å². The summed E-state index contributed by atoms with van der Waals surface area (Å²) in [5.41, 5.74) is 1.93. The average Bonchev–Trinajstić information content (AvgIpc) is 3.41. The zero-order chi connectivity index (χ0) is 21.8. The summed E-state index contributed by atoms with van der Waals surface area (Å²) in [4.78, 5) is 11.1. The van der Waals surface area contributed by atoms with Gasteiger partial charge in [0.2, 0.25) is 10.0 Å². The van der Waals surface area contributed by atoms with Gasteiger partial charge in [0.25, 0.3) is 0 Å². The minimum absolute atomic E-state index is 0.135. The van der Waals surface area contributed by atoms with Gasteiger partial charge in [-0.05, 0) is 56.0 Å². The second-order valence-corrected chi connectivity index (χ2v) is 10.2. The van der Waals surface area contributed by atoms with Gasteiger partial charge in [-0.1, -0.05) is 0 Å². The number of anilines is 1. The van der Waals surface area contributed by atoms with Crippen LogP contribution in [0.2, 0.25) is 0 Å². The van der Waals surface area contributed by atoms with Crippen LogP contribution in [0.3, 0.4) is 0 Å². The molecule has 8 nitrogen and oxygen atoms in total. The molecule has 10 heteroatoms. The number of hydrogen-bond donors (Lipinski definition) is 0. The molecule has 0 saturated carbocycles. The summed E-state index contributed by atoms with van der Waals surface area (Å²) in [6, 6.07) is 8.94. The predicted octanol–water partition coefficient (Wildman–Crippen LogP) is 2.18. The Morgan fingerprint density at radius 1 is 0.935 bits per heavy atom. The highest BCUT2D eigenvalue weighted by molar-refractivity contribution is 7.89. The molecule has 5 rings (SSSR count). The molecule has 2 aliphatic heterocycles. The van der Waals surface area contributed by atoms with Crippen molar-refractivity contribution in [3.05, 3.63) is 59.9 Å². The van der Waals surface area contributed by atoms with Crippen LogP contribution in [0.5, 0.6) is 0 Å². The highest BCUT2D eigenvalue weighted by Crippen LogP contribution is 2.36. The van der Waals surface area contributed by atoms with Crippen LogP contribution in [-0.4, -0.2) is 58.7 Å². The molecule has 2 fully saturated rings. The highest BCUT2D eigenvalue weighted by Gasteiger charge is 2.44. The smallest absolute Gasteiger partial charge is 0.243 e. The number of fused-ring (bicyclic) bond motifs is 1. The van der Waals surface area contributed by atoms with Crippen LogP contribution in [0.1, 0.15) is 11.4 Å². The van der Waals surface area contributed by atoms with Gasteiger partial charge in [0, 0.05) is 37.9 Å². The standard InChI is InChI=1S/C21H23FN6O2S/c1-14-7-15(2)28(25-14)21-8-20(23-13-24-21)26-9-16-11-27(12-17(16)10-26)31(29,30)19-5-3-18(22)4-6-19/h3-8,13,16-17H,9-12H2,1-2H3. The fourth-order valence-electron chi connectivity index (χ4n) is 4.58. The van der Waals surface area contributed by atoms with Gasteiger partial charge < -0.3 is 4.90 Å². The van der Waals surface area contributed by atoms with E-state index in [0.717, 1.165) is 30.3 Å². The van der Waals surface area contributed by atoms with Crippen LogP contribution >= 0.6 is 0 Å². The third kappa shape index (κ3) is 3.59. The topological polar surface area (TPSA) is 84.2 Å². The lowest BCUT2D eigenvalue weighted by molar-refractivity contribution is 0.453. The summed E-state index contributed by atoms with van der Waals surface area (Å²) in [5, 5.41) is 4.49. The lowest BCUT2D eigenvalue weighted by atomic mass is 10.0. The van der Waals surface area contributed by atoms with E-state index in [-0.39, 0.29) is 16.7 Å². The van der Waals surface area contributed by atoms with E-state index in [1.54, 1.807) is 11.0 Å². The molecule has 0 amide bonds. The van der Waals surface area contributed by atoms with E-state index in [0.29, 0.717) is 18.9 Å². The minimum Gasteiger partial charge on any atom is -0.356 e. The Labute approximate surface area is 180 Å². The van der Waals surface area contributed by atoms with E-state index < -0.39 is 15.8 Å². The summed E-state index contributed by atoms with van der Waals surface area (Å²) >= 11 is 0. The molecule has 2 atom stereocenters. The molecule has 31 heavy (non-hydrogen) atoms. The van der Waals surface area contributed by atoms with E-state index in [2.05, 4.69) is 20.0 Å². The first-order valence-electron chi connectivity index (χ1n) is 10.2. The van der Waals surface area contributed by atoms with E-state index in [4.69, 9.17) is 0 Å². The largest absolute Gasteiger partial charge is 0.356 e.